The molecule has 0 bridgehead atoms. The summed E-state index contributed by atoms with van der Waals surface area (Å²) < 4.78 is 6.58. The molecule has 0 saturated carbocycles. The van der Waals surface area contributed by atoms with Gasteiger partial charge in [0.1, 0.15) is 12.4 Å². The molecule has 2 aromatic rings. The van der Waals surface area contributed by atoms with Gasteiger partial charge in [0, 0.05) is 10.2 Å². The summed E-state index contributed by atoms with van der Waals surface area (Å²) in [5, 5.41) is 2.90. The molecule has 5 heteroatoms. The molecule has 0 unspecified atom stereocenters. The van der Waals surface area contributed by atoms with Crippen molar-refractivity contribution in [3.05, 3.63) is 53.0 Å². The third-order valence-corrected chi connectivity index (χ3v) is 3.82. The monoisotopic (exact) mass is 346 g/mol. The highest BCUT2D eigenvalue weighted by atomic mass is 79.9. The fraction of sp³-hybridized carbons (Fsp3) is 0.188. The lowest BCUT2D eigenvalue weighted by Crippen LogP contribution is -2.38. The second kappa shape index (κ2) is 6.18. The van der Waals surface area contributed by atoms with E-state index in [-0.39, 0.29) is 5.91 Å². The number of nitrogens with one attached hydrogen (secondary N) is 1. The van der Waals surface area contributed by atoms with Crippen molar-refractivity contribution in [1.82, 2.24) is 0 Å². The van der Waals surface area contributed by atoms with E-state index in [0.717, 1.165) is 21.6 Å². The Morgan fingerprint density at radius 2 is 1.95 bits per heavy atom. The van der Waals surface area contributed by atoms with Gasteiger partial charge in [-0.05, 0) is 36.4 Å². The van der Waals surface area contributed by atoms with E-state index in [2.05, 4.69) is 21.2 Å². The number of nitrogens with zero attached hydrogens (tertiary/aromatic N) is 1. The van der Waals surface area contributed by atoms with Crippen LogP contribution >= 0.6 is 15.9 Å². The average molecular weight is 347 g/mol. The summed E-state index contributed by atoms with van der Waals surface area (Å²) in [6.45, 7) is 1.63. The lowest BCUT2D eigenvalue weighted by molar-refractivity contribution is -0.115. The van der Waals surface area contributed by atoms with Crippen molar-refractivity contribution in [3.63, 3.8) is 0 Å². The van der Waals surface area contributed by atoms with Crippen molar-refractivity contribution in [2.24, 2.45) is 0 Å². The number of halogens is 1. The largest absolute Gasteiger partial charge is 0.490 e. The number of anilines is 2. The molecule has 0 fully saturated rings. The predicted molar refractivity (Wildman–Crippen MR) is 86.9 cm³/mol. The Balaban J connectivity index is 1.67. The normalized spacial score (nSPS) is 13.3. The molecule has 1 aliphatic rings. The Morgan fingerprint density at radius 1 is 1.19 bits per heavy atom. The fourth-order valence-corrected chi connectivity index (χ4v) is 2.56. The molecule has 0 aliphatic carbocycles. The van der Waals surface area contributed by atoms with Crippen LogP contribution in [0.5, 0.6) is 5.75 Å². The van der Waals surface area contributed by atoms with Gasteiger partial charge in [0.05, 0.1) is 18.8 Å². The lowest BCUT2D eigenvalue weighted by atomic mass is 10.2. The maximum Gasteiger partial charge on any atom is 0.243 e. The maximum atomic E-state index is 12.2. The zero-order valence-electron chi connectivity index (χ0n) is 11.4. The van der Waals surface area contributed by atoms with E-state index in [0.29, 0.717) is 19.7 Å². The number of fused-ring (bicyclic) bond motifs is 1. The minimum absolute atomic E-state index is 0.0333. The van der Waals surface area contributed by atoms with Crippen LogP contribution in [0.15, 0.2) is 53.0 Å². The van der Waals surface area contributed by atoms with Crippen molar-refractivity contribution >= 4 is 33.2 Å². The van der Waals surface area contributed by atoms with Gasteiger partial charge in [-0.3, -0.25) is 4.79 Å². The van der Waals surface area contributed by atoms with Crippen LogP contribution in [-0.2, 0) is 4.79 Å². The smallest absolute Gasteiger partial charge is 0.243 e. The summed E-state index contributed by atoms with van der Waals surface area (Å²) >= 11 is 3.37. The zero-order chi connectivity index (χ0) is 14.7. The molecule has 4 nitrogen and oxygen atoms in total. The molecule has 1 heterocycles. The van der Waals surface area contributed by atoms with Crippen LogP contribution < -0.4 is 15.0 Å². The molecule has 1 N–H and O–H groups in total. The summed E-state index contributed by atoms with van der Waals surface area (Å²) in [6, 6.07) is 15.3. The zero-order valence-corrected chi connectivity index (χ0v) is 13.0. The summed E-state index contributed by atoms with van der Waals surface area (Å²) in [6.07, 6.45) is 0. The van der Waals surface area contributed by atoms with Gasteiger partial charge in [-0.15, -0.1) is 0 Å². The molecule has 0 spiro atoms. The van der Waals surface area contributed by atoms with Crippen molar-refractivity contribution in [3.8, 4) is 5.75 Å². The molecule has 1 aliphatic heterocycles. The maximum absolute atomic E-state index is 12.2. The number of carbonyl (C=O) groups is 1. The highest BCUT2D eigenvalue weighted by Gasteiger charge is 2.19. The van der Waals surface area contributed by atoms with Crippen LogP contribution in [0, 0.1) is 0 Å². The molecular weight excluding hydrogens is 332 g/mol. The lowest BCUT2D eigenvalue weighted by Gasteiger charge is -2.30. The molecule has 21 heavy (non-hydrogen) atoms. The summed E-state index contributed by atoms with van der Waals surface area (Å²) in [4.78, 5) is 14.2. The molecule has 1 amide bonds. The highest BCUT2D eigenvalue weighted by molar-refractivity contribution is 9.10. The highest BCUT2D eigenvalue weighted by Crippen LogP contribution is 2.30. The minimum atomic E-state index is -0.0333. The molecular formula is C16H15BrN2O2. The Morgan fingerprint density at radius 3 is 2.76 bits per heavy atom. The Bertz CT molecular complexity index is 643. The standard InChI is InChI=1S/C16H15BrN2O2/c17-12-5-7-13(8-6-12)18-16(20)11-19-9-10-21-15-4-2-1-3-14(15)19/h1-8H,9-11H2,(H,18,20). The number of benzene rings is 2. The van der Waals surface area contributed by atoms with Crippen molar-refractivity contribution in [2.75, 3.05) is 29.9 Å². The molecule has 3 rings (SSSR count). The minimum Gasteiger partial charge on any atom is -0.490 e. The Hall–Kier alpha value is -2.01. The second-order valence-corrected chi connectivity index (χ2v) is 5.71. The van der Waals surface area contributed by atoms with E-state index in [4.69, 9.17) is 4.74 Å². The van der Waals surface area contributed by atoms with Gasteiger partial charge < -0.3 is 15.0 Å². The Labute approximate surface area is 131 Å². The molecule has 2 aromatic carbocycles. The van der Waals surface area contributed by atoms with Crippen LogP contribution in [0.3, 0.4) is 0 Å². The number of hydrogen-bond acceptors (Lipinski definition) is 3. The van der Waals surface area contributed by atoms with Gasteiger partial charge in [-0.25, -0.2) is 0 Å². The summed E-state index contributed by atoms with van der Waals surface area (Å²) in [5.41, 5.74) is 1.76. The number of amides is 1. The molecule has 0 saturated heterocycles. The number of para-hydroxylation sites is 2. The van der Waals surface area contributed by atoms with E-state index in [1.54, 1.807) is 0 Å². The van der Waals surface area contributed by atoms with Crippen LogP contribution in [0.25, 0.3) is 0 Å². The van der Waals surface area contributed by atoms with Crippen LogP contribution in [0.1, 0.15) is 0 Å². The van der Waals surface area contributed by atoms with Crippen LogP contribution in [-0.4, -0.2) is 25.6 Å². The quantitative estimate of drug-likeness (QED) is 0.927. The molecule has 0 atom stereocenters. The van der Waals surface area contributed by atoms with Crippen LogP contribution in [0.4, 0.5) is 11.4 Å². The first-order chi connectivity index (χ1) is 10.2. The van der Waals surface area contributed by atoms with Gasteiger partial charge in [0.15, 0.2) is 0 Å². The Kier molecular flexibility index (Phi) is 4.10. The third kappa shape index (κ3) is 3.36. The van der Waals surface area contributed by atoms with Gasteiger partial charge in [-0.1, -0.05) is 28.1 Å². The second-order valence-electron chi connectivity index (χ2n) is 4.79. The first-order valence-electron chi connectivity index (χ1n) is 6.74. The number of ether oxygens (including phenoxy) is 1. The van der Waals surface area contributed by atoms with E-state index < -0.39 is 0 Å². The molecule has 108 valence electrons. The van der Waals surface area contributed by atoms with Crippen molar-refractivity contribution in [2.45, 2.75) is 0 Å². The molecule has 0 radical (unpaired) electrons. The fourth-order valence-electron chi connectivity index (χ4n) is 2.30. The van der Waals surface area contributed by atoms with E-state index >= 15 is 0 Å². The van der Waals surface area contributed by atoms with E-state index in [9.17, 15) is 4.79 Å². The van der Waals surface area contributed by atoms with Gasteiger partial charge in [0.2, 0.25) is 5.91 Å². The number of carbonyl (C=O) groups excluding carboxylic acids is 1. The molecule has 0 aromatic heterocycles. The summed E-state index contributed by atoms with van der Waals surface area (Å²) in [5.74, 6) is 0.800. The SMILES string of the molecule is O=C(CN1CCOc2ccccc21)Nc1ccc(Br)cc1. The van der Waals surface area contributed by atoms with Crippen molar-refractivity contribution < 1.29 is 9.53 Å². The predicted octanol–water partition coefficient (Wildman–Crippen LogP) is 3.29. The van der Waals surface area contributed by atoms with Crippen LogP contribution in [0.2, 0.25) is 0 Å². The van der Waals surface area contributed by atoms with Crippen molar-refractivity contribution in [1.29, 1.82) is 0 Å². The third-order valence-electron chi connectivity index (χ3n) is 3.29. The number of rotatable bonds is 3. The first kappa shape index (κ1) is 13.9. The average Bonchev–Trinajstić information content (AvgIpc) is 2.50. The topological polar surface area (TPSA) is 41.6 Å². The van der Waals surface area contributed by atoms with E-state index in [1.807, 2.05) is 53.4 Å². The van der Waals surface area contributed by atoms with Gasteiger partial charge in [0.25, 0.3) is 0 Å². The van der Waals surface area contributed by atoms with Gasteiger partial charge in [-0.2, -0.15) is 0 Å². The van der Waals surface area contributed by atoms with E-state index in [1.165, 1.54) is 0 Å². The number of hydrogen-bond donors (Lipinski definition) is 1. The van der Waals surface area contributed by atoms with Gasteiger partial charge >= 0.3 is 0 Å². The summed E-state index contributed by atoms with van der Waals surface area (Å²) in [7, 11) is 0. The first-order valence-corrected chi connectivity index (χ1v) is 7.54.